The monoisotopic (exact) mass is 478 g/mol. The minimum absolute atomic E-state index is 0. The van der Waals surface area contributed by atoms with Crippen LogP contribution in [-0.2, 0) is 27.8 Å². The van der Waals surface area contributed by atoms with Gasteiger partial charge in [-0.25, -0.2) is 12.8 Å². The minimum Gasteiger partial charge on any atom is -0.759 e. The van der Waals surface area contributed by atoms with Gasteiger partial charge >= 0.3 is 29.6 Å². The zero-order valence-electron chi connectivity index (χ0n) is 18.8. The number of benzene rings is 3. The van der Waals surface area contributed by atoms with E-state index in [2.05, 4.69) is 0 Å². The average Bonchev–Trinajstić information content (AvgIpc) is 2.79. The molecule has 3 rings (SSSR count). The number of hydrogen-bond donors (Lipinski definition) is 1. The van der Waals surface area contributed by atoms with Gasteiger partial charge in [-0.3, -0.25) is 9.10 Å². The first-order valence-corrected chi connectivity index (χ1v) is 11.5. The number of anilines is 1. The third-order valence-corrected chi connectivity index (χ3v) is 6.87. The Morgan fingerprint density at radius 2 is 1.48 bits per heavy atom. The van der Waals surface area contributed by atoms with Crippen LogP contribution in [0.2, 0.25) is 0 Å². The molecule has 9 heteroatoms. The molecule has 0 fully saturated rings. The molecule has 0 saturated carbocycles. The van der Waals surface area contributed by atoms with Crippen molar-refractivity contribution >= 4 is 21.6 Å². The molecule has 0 radical (unpaired) electrons. The molecular weight excluding hydrogens is 454 g/mol. The summed E-state index contributed by atoms with van der Waals surface area (Å²) in [5.41, 5.74) is 3.91. The van der Waals surface area contributed by atoms with Crippen molar-refractivity contribution in [3.63, 3.8) is 0 Å². The first-order valence-electron chi connectivity index (χ1n) is 10.1. The van der Waals surface area contributed by atoms with Crippen LogP contribution in [0.15, 0.2) is 77.7 Å². The fraction of sp³-hybridized carbons (Fsp3) is 0.208. The molecule has 0 aliphatic rings. The Morgan fingerprint density at radius 1 is 0.939 bits per heavy atom. The first kappa shape index (κ1) is 27.0. The Labute approximate surface area is 215 Å². The van der Waals surface area contributed by atoms with Gasteiger partial charge in [0.25, 0.3) is 10.0 Å². The Balaban J connectivity index is 0.00000385. The van der Waals surface area contributed by atoms with Crippen LogP contribution in [0.25, 0.3) is 0 Å². The van der Waals surface area contributed by atoms with Crippen LogP contribution in [0.4, 0.5) is 10.1 Å². The molecule has 6 nitrogen and oxygen atoms in total. The van der Waals surface area contributed by atoms with E-state index in [9.17, 15) is 22.8 Å². The Kier molecular flexibility index (Phi) is 9.63. The molecule has 0 saturated heterocycles. The fourth-order valence-corrected chi connectivity index (χ4v) is 4.68. The summed E-state index contributed by atoms with van der Waals surface area (Å²) >= 11 is 0. The van der Waals surface area contributed by atoms with E-state index in [0.717, 1.165) is 5.56 Å². The Hall–Kier alpha value is -2.23. The predicted molar refractivity (Wildman–Crippen MR) is 122 cm³/mol. The van der Waals surface area contributed by atoms with Crippen LogP contribution in [0.3, 0.4) is 0 Å². The van der Waals surface area contributed by atoms with E-state index in [4.69, 9.17) is 0 Å². The van der Waals surface area contributed by atoms with Gasteiger partial charge in [-0.2, -0.15) is 0 Å². The van der Waals surface area contributed by atoms with Gasteiger partial charge < -0.3 is 10.7 Å². The standard InChI is InChI=1S/C24H24FN2O4S.Na/c1-17(2)20-7-13-23(14-8-20)32(30,31)27(16-19-3-9-21(25)10-4-19)22-11-5-18(6-12-22)15-24(28)26-29;/h3-14,17H,15-16H2,1-2H3,(H-,26,28,29);/q-1;+1. The molecular formula is C24H24FN2NaO4S. The van der Waals surface area contributed by atoms with E-state index < -0.39 is 21.7 Å². The first-order chi connectivity index (χ1) is 15.2. The van der Waals surface area contributed by atoms with Gasteiger partial charge in [0.2, 0.25) is 5.91 Å². The van der Waals surface area contributed by atoms with Gasteiger partial charge in [0.05, 0.1) is 23.5 Å². The van der Waals surface area contributed by atoms with Crippen LogP contribution in [0.1, 0.15) is 36.5 Å². The SMILES string of the molecule is CC(C)c1ccc(S(=O)(=O)N(Cc2ccc(F)cc2)c2ccc(CC(=O)N[O-])cc2)cc1.[Na+]. The van der Waals surface area contributed by atoms with Gasteiger partial charge in [0, 0.05) is 0 Å². The number of halogens is 1. The normalized spacial score (nSPS) is 11.1. The molecule has 0 unspecified atom stereocenters. The van der Waals surface area contributed by atoms with E-state index >= 15 is 0 Å². The molecule has 3 aromatic carbocycles. The van der Waals surface area contributed by atoms with Crippen LogP contribution in [0, 0.1) is 11.0 Å². The van der Waals surface area contributed by atoms with Gasteiger partial charge in [-0.1, -0.05) is 50.2 Å². The van der Waals surface area contributed by atoms with Gasteiger partial charge in [-0.15, -0.1) is 0 Å². The van der Waals surface area contributed by atoms with Crippen molar-refractivity contribution in [3.8, 4) is 0 Å². The van der Waals surface area contributed by atoms with Crippen LogP contribution < -0.4 is 39.3 Å². The summed E-state index contributed by atoms with van der Waals surface area (Å²) in [6.45, 7) is 4.05. The number of carbonyl (C=O) groups excluding carboxylic acids is 1. The molecule has 0 atom stereocenters. The van der Waals surface area contributed by atoms with E-state index in [1.54, 1.807) is 48.5 Å². The number of carbonyl (C=O) groups is 1. The van der Waals surface area contributed by atoms with E-state index in [0.29, 0.717) is 16.8 Å². The maximum Gasteiger partial charge on any atom is 1.00 e. The number of hydrogen-bond acceptors (Lipinski definition) is 4. The second kappa shape index (κ2) is 11.8. The van der Waals surface area contributed by atoms with Crippen molar-refractivity contribution in [2.24, 2.45) is 0 Å². The molecule has 33 heavy (non-hydrogen) atoms. The predicted octanol–water partition coefficient (Wildman–Crippen LogP) is 1.51. The summed E-state index contributed by atoms with van der Waals surface area (Å²) in [7, 11) is -3.94. The van der Waals surface area contributed by atoms with Crippen molar-refractivity contribution < 1.29 is 47.2 Å². The molecule has 0 bridgehead atoms. The van der Waals surface area contributed by atoms with E-state index in [-0.39, 0.29) is 53.3 Å². The number of nitrogens with one attached hydrogen (secondary N) is 1. The molecule has 0 aromatic heterocycles. The van der Waals surface area contributed by atoms with E-state index in [1.165, 1.54) is 34.1 Å². The largest absolute Gasteiger partial charge is 1.00 e. The van der Waals surface area contributed by atoms with Crippen molar-refractivity contribution in [2.75, 3.05) is 4.31 Å². The smallest absolute Gasteiger partial charge is 0.759 e. The summed E-state index contributed by atoms with van der Waals surface area (Å²) < 4.78 is 41.7. The maximum absolute atomic E-state index is 13.5. The maximum atomic E-state index is 13.5. The van der Waals surface area contributed by atoms with Gasteiger partial charge in [0.1, 0.15) is 5.82 Å². The quantitative estimate of drug-likeness (QED) is 0.393. The number of hydroxylamine groups is 1. The van der Waals surface area contributed by atoms with Crippen molar-refractivity contribution in [1.29, 1.82) is 0 Å². The van der Waals surface area contributed by atoms with Crippen molar-refractivity contribution in [2.45, 2.75) is 37.6 Å². The summed E-state index contributed by atoms with van der Waals surface area (Å²) in [6, 6.07) is 18.7. The van der Waals surface area contributed by atoms with Crippen LogP contribution in [-0.4, -0.2) is 14.3 Å². The summed E-state index contributed by atoms with van der Waals surface area (Å²) in [5, 5.41) is 10.5. The third kappa shape index (κ3) is 6.88. The molecule has 1 N–H and O–H groups in total. The molecule has 3 aromatic rings. The molecule has 0 aliphatic carbocycles. The zero-order valence-corrected chi connectivity index (χ0v) is 21.6. The second-order valence-electron chi connectivity index (χ2n) is 7.73. The Morgan fingerprint density at radius 3 is 2.00 bits per heavy atom. The molecule has 0 heterocycles. The summed E-state index contributed by atoms with van der Waals surface area (Å²) in [5.74, 6) is -0.826. The summed E-state index contributed by atoms with van der Waals surface area (Å²) in [6.07, 6.45) is -0.106. The van der Waals surface area contributed by atoms with Gasteiger partial charge in [0.15, 0.2) is 0 Å². The Bertz CT molecular complexity index is 1170. The van der Waals surface area contributed by atoms with Gasteiger partial charge in [-0.05, 0) is 59.0 Å². The van der Waals surface area contributed by atoms with Crippen molar-refractivity contribution in [1.82, 2.24) is 5.48 Å². The molecule has 1 amide bonds. The topological polar surface area (TPSA) is 89.5 Å². The molecule has 168 valence electrons. The number of sulfonamides is 1. The molecule has 0 spiro atoms. The van der Waals surface area contributed by atoms with Crippen LogP contribution >= 0.6 is 0 Å². The summed E-state index contributed by atoms with van der Waals surface area (Å²) in [4.78, 5) is 11.5. The minimum atomic E-state index is -3.94. The number of amides is 1. The van der Waals surface area contributed by atoms with Crippen LogP contribution in [0.5, 0.6) is 0 Å². The fourth-order valence-electron chi connectivity index (χ4n) is 3.22. The number of rotatable bonds is 8. The second-order valence-corrected chi connectivity index (χ2v) is 9.59. The average molecular weight is 479 g/mol. The molecule has 0 aliphatic heterocycles. The van der Waals surface area contributed by atoms with Crippen molar-refractivity contribution in [3.05, 3.63) is 101 Å². The van der Waals surface area contributed by atoms with E-state index in [1.807, 2.05) is 13.8 Å². The number of nitrogens with zero attached hydrogens (tertiary/aromatic N) is 1. The zero-order chi connectivity index (χ0) is 23.3. The third-order valence-electron chi connectivity index (χ3n) is 5.08.